The second-order valence-electron chi connectivity index (χ2n) is 3.74. The lowest BCUT2D eigenvalue weighted by Crippen LogP contribution is -2.42. The number of halogens is 1. The molecule has 1 fully saturated rings. The molecule has 1 aliphatic rings. The van der Waals surface area contributed by atoms with E-state index in [1.807, 2.05) is 30.3 Å². The van der Waals surface area contributed by atoms with E-state index in [2.05, 4.69) is 0 Å². The van der Waals surface area contributed by atoms with Crippen molar-refractivity contribution in [2.24, 2.45) is 0 Å². The zero-order chi connectivity index (χ0) is 11.4. The Morgan fingerprint density at radius 2 is 2.19 bits per heavy atom. The molecule has 1 saturated heterocycles. The number of rotatable bonds is 2. The molecule has 1 aromatic carbocycles. The van der Waals surface area contributed by atoms with Crippen LogP contribution in [-0.4, -0.2) is 36.4 Å². The van der Waals surface area contributed by atoms with E-state index in [0.29, 0.717) is 19.7 Å². The van der Waals surface area contributed by atoms with Gasteiger partial charge in [0.2, 0.25) is 5.91 Å². The fraction of sp³-hybridized carbons (Fsp3) is 0.417. The third-order valence-corrected chi connectivity index (χ3v) is 2.93. The molecule has 4 heteroatoms. The minimum atomic E-state index is -0.0258. The van der Waals surface area contributed by atoms with Crippen LogP contribution in [0, 0.1) is 0 Å². The Labute approximate surface area is 100.0 Å². The summed E-state index contributed by atoms with van der Waals surface area (Å²) in [6, 6.07) is 9.94. The lowest BCUT2D eigenvalue weighted by molar-refractivity contribution is -0.136. The van der Waals surface area contributed by atoms with Crippen molar-refractivity contribution >= 4 is 17.5 Å². The normalized spacial score (nSPS) is 20.8. The Balaban J connectivity index is 2.05. The predicted octanol–water partition coefficient (Wildman–Crippen LogP) is 1.83. The van der Waals surface area contributed by atoms with Crippen LogP contribution in [0.25, 0.3) is 0 Å². The predicted molar refractivity (Wildman–Crippen MR) is 62.4 cm³/mol. The molecule has 0 aliphatic carbocycles. The molecule has 0 saturated carbocycles. The molecule has 1 atom stereocenters. The van der Waals surface area contributed by atoms with Gasteiger partial charge in [0.1, 0.15) is 12.0 Å². The van der Waals surface area contributed by atoms with Crippen LogP contribution in [0.1, 0.15) is 11.7 Å². The second-order valence-corrected chi connectivity index (χ2v) is 4.01. The number of amides is 1. The number of carbonyl (C=O) groups excluding carboxylic acids is 1. The third kappa shape index (κ3) is 2.54. The van der Waals surface area contributed by atoms with E-state index in [4.69, 9.17) is 16.3 Å². The molecule has 0 bridgehead atoms. The summed E-state index contributed by atoms with van der Waals surface area (Å²) in [4.78, 5) is 13.2. The summed E-state index contributed by atoms with van der Waals surface area (Å²) in [6.07, 6.45) is -0.0258. The molecule has 1 unspecified atom stereocenters. The lowest BCUT2D eigenvalue weighted by Gasteiger charge is -2.32. The van der Waals surface area contributed by atoms with Crippen LogP contribution in [0.3, 0.4) is 0 Å². The van der Waals surface area contributed by atoms with Crippen LogP contribution in [0.2, 0.25) is 0 Å². The zero-order valence-corrected chi connectivity index (χ0v) is 9.69. The first kappa shape index (κ1) is 11.4. The number of ether oxygens (including phenoxy) is 1. The minimum Gasteiger partial charge on any atom is -0.370 e. The highest BCUT2D eigenvalue weighted by Gasteiger charge is 2.24. The van der Waals surface area contributed by atoms with E-state index in [9.17, 15) is 4.79 Å². The van der Waals surface area contributed by atoms with Gasteiger partial charge in [0.25, 0.3) is 0 Å². The average molecular weight is 240 g/mol. The van der Waals surface area contributed by atoms with E-state index in [1.165, 1.54) is 0 Å². The summed E-state index contributed by atoms with van der Waals surface area (Å²) in [7, 11) is 0. The Morgan fingerprint density at radius 3 is 2.88 bits per heavy atom. The van der Waals surface area contributed by atoms with Crippen molar-refractivity contribution in [3.63, 3.8) is 0 Å². The van der Waals surface area contributed by atoms with Gasteiger partial charge >= 0.3 is 0 Å². The largest absolute Gasteiger partial charge is 0.370 e. The van der Waals surface area contributed by atoms with Crippen LogP contribution in [0.4, 0.5) is 0 Å². The topological polar surface area (TPSA) is 29.5 Å². The summed E-state index contributed by atoms with van der Waals surface area (Å²) in [5, 5.41) is 0. The molecule has 1 amide bonds. The fourth-order valence-electron chi connectivity index (χ4n) is 1.83. The Hall–Kier alpha value is -1.06. The van der Waals surface area contributed by atoms with Crippen molar-refractivity contribution in [1.82, 2.24) is 4.90 Å². The fourth-order valence-corrected chi connectivity index (χ4v) is 2.00. The molecule has 0 radical (unpaired) electrons. The van der Waals surface area contributed by atoms with Gasteiger partial charge in [-0.15, -0.1) is 11.6 Å². The molecular weight excluding hydrogens is 226 g/mol. The number of benzene rings is 1. The molecule has 2 rings (SSSR count). The van der Waals surface area contributed by atoms with Crippen LogP contribution in [-0.2, 0) is 9.53 Å². The maximum absolute atomic E-state index is 11.5. The molecule has 86 valence electrons. The van der Waals surface area contributed by atoms with Crippen molar-refractivity contribution in [1.29, 1.82) is 0 Å². The minimum absolute atomic E-state index is 0.0223. The second kappa shape index (κ2) is 5.32. The molecule has 1 aromatic rings. The van der Waals surface area contributed by atoms with Gasteiger partial charge in [-0.1, -0.05) is 30.3 Å². The number of alkyl halides is 1. The van der Waals surface area contributed by atoms with Crippen molar-refractivity contribution in [2.75, 3.05) is 25.6 Å². The van der Waals surface area contributed by atoms with Gasteiger partial charge in [-0.05, 0) is 5.56 Å². The van der Waals surface area contributed by atoms with Crippen molar-refractivity contribution in [3.05, 3.63) is 35.9 Å². The van der Waals surface area contributed by atoms with Crippen molar-refractivity contribution in [3.8, 4) is 0 Å². The van der Waals surface area contributed by atoms with Gasteiger partial charge in [0.15, 0.2) is 0 Å². The van der Waals surface area contributed by atoms with Crippen LogP contribution in [0.5, 0.6) is 0 Å². The molecule has 16 heavy (non-hydrogen) atoms. The van der Waals surface area contributed by atoms with E-state index < -0.39 is 0 Å². The first-order valence-corrected chi connectivity index (χ1v) is 5.85. The molecule has 0 N–H and O–H groups in total. The highest BCUT2D eigenvalue weighted by atomic mass is 35.5. The SMILES string of the molecule is O=C(CCl)N1CCOC(c2ccccc2)C1. The van der Waals surface area contributed by atoms with Crippen LogP contribution < -0.4 is 0 Å². The highest BCUT2D eigenvalue weighted by molar-refractivity contribution is 6.27. The van der Waals surface area contributed by atoms with Gasteiger partial charge in [0.05, 0.1) is 13.2 Å². The quantitative estimate of drug-likeness (QED) is 0.737. The zero-order valence-electron chi connectivity index (χ0n) is 8.93. The van der Waals surface area contributed by atoms with E-state index >= 15 is 0 Å². The maximum Gasteiger partial charge on any atom is 0.237 e. The smallest absolute Gasteiger partial charge is 0.237 e. The monoisotopic (exact) mass is 239 g/mol. The lowest BCUT2D eigenvalue weighted by atomic mass is 10.1. The van der Waals surface area contributed by atoms with Crippen LogP contribution >= 0.6 is 11.6 Å². The maximum atomic E-state index is 11.5. The van der Waals surface area contributed by atoms with E-state index in [-0.39, 0.29) is 17.9 Å². The van der Waals surface area contributed by atoms with Gasteiger partial charge in [-0.2, -0.15) is 0 Å². The van der Waals surface area contributed by atoms with Gasteiger partial charge < -0.3 is 9.64 Å². The number of hydrogen-bond acceptors (Lipinski definition) is 2. The Morgan fingerprint density at radius 1 is 1.44 bits per heavy atom. The molecule has 1 aliphatic heterocycles. The number of carbonyl (C=O) groups is 1. The highest BCUT2D eigenvalue weighted by Crippen LogP contribution is 2.21. The third-order valence-electron chi connectivity index (χ3n) is 2.70. The number of nitrogens with zero attached hydrogens (tertiary/aromatic N) is 1. The van der Waals surface area contributed by atoms with Crippen molar-refractivity contribution in [2.45, 2.75) is 6.10 Å². The molecule has 1 heterocycles. The summed E-state index contributed by atoms with van der Waals surface area (Å²) in [5.41, 5.74) is 1.11. The van der Waals surface area contributed by atoms with E-state index in [1.54, 1.807) is 4.90 Å². The van der Waals surface area contributed by atoms with Gasteiger partial charge in [0, 0.05) is 6.54 Å². The summed E-state index contributed by atoms with van der Waals surface area (Å²) in [6.45, 7) is 1.80. The van der Waals surface area contributed by atoms with Crippen molar-refractivity contribution < 1.29 is 9.53 Å². The Kier molecular flexibility index (Phi) is 3.80. The number of hydrogen-bond donors (Lipinski definition) is 0. The first-order valence-electron chi connectivity index (χ1n) is 5.31. The van der Waals surface area contributed by atoms with E-state index in [0.717, 1.165) is 5.56 Å². The Bertz CT molecular complexity index is 355. The molecule has 0 spiro atoms. The molecule has 0 aromatic heterocycles. The first-order chi connectivity index (χ1) is 7.81. The molecule has 3 nitrogen and oxygen atoms in total. The molecular formula is C12H14ClNO2. The van der Waals surface area contributed by atoms with Crippen LogP contribution in [0.15, 0.2) is 30.3 Å². The summed E-state index contributed by atoms with van der Waals surface area (Å²) < 4.78 is 5.65. The summed E-state index contributed by atoms with van der Waals surface area (Å²) >= 11 is 5.55. The summed E-state index contributed by atoms with van der Waals surface area (Å²) in [5.74, 6) is 0.0208. The van der Waals surface area contributed by atoms with Gasteiger partial charge in [-0.25, -0.2) is 0 Å². The van der Waals surface area contributed by atoms with Gasteiger partial charge in [-0.3, -0.25) is 4.79 Å². The standard InChI is InChI=1S/C12H14ClNO2/c13-8-12(15)14-6-7-16-11(9-14)10-4-2-1-3-5-10/h1-5,11H,6-9H2. The average Bonchev–Trinajstić information content (AvgIpc) is 2.39. The number of morpholine rings is 1.